The Bertz CT molecular complexity index is 881. The van der Waals surface area contributed by atoms with E-state index in [2.05, 4.69) is 27.3 Å². The number of rotatable bonds is 6. The van der Waals surface area contributed by atoms with Gasteiger partial charge in [-0.15, -0.1) is 0 Å². The second-order valence-corrected chi connectivity index (χ2v) is 7.67. The lowest BCUT2D eigenvalue weighted by molar-refractivity contribution is -0.122. The monoisotopic (exact) mass is 385 g/mol. The second kappa shape index (κ2) is 7.87. The van der Waals surface area contributed by atoms with Crippen LogP contribution >= 0.6 is 0 Å². The van der Waals surface area contributed by atoms with Crippen molar-refractivity contribution in [1.82, 2.24) is 25.3 Å². The van der Waals surface area contributed by atoms with Gasteiger partial charge in [0.25, 0.3) is 11.6 Å². The standard InChI is InChI=1S/C20H27N5O3/c1-3-4-15-18-14(11-16(13-5-6-13)22-19(18)28-23-15)20(27)25-9-7-24(8-10-25)12-17(26)21-2/h11,13H,3-10,12H2,1-2H3,(H,21,26). The second-order valence-electron chi connectivity index (χ2n) is 7.67. The van der Waals surface area contributed by atoms with E-state index in [-0.39, 0.29) is 11.8 Å². The molecular formula is C20H27N5O3. The van der Waals surface area contributed by atoms with E-state index in [1.54, 1.807) is 7.05 Å². The highest BCUT2D eigenvalue weighted by Crippen LogP contribution is 2.40. The lowest BCUT2D eigenvalue weighted by Crippen LogP contribution is -2.50. The fraction of sp³-hybridized carbons (Fsp3) is 0.600. The predicted octanol–water partition coefficient (Wildman–Crippen LogP) is 1.56. The predicted molar refractivity (Wildman–Crippen MR) is 104 cm³/mol. The molecule has 0 spiro atoms. The zero-order valence-electron chi connectivity index (χ0n) is 16.5. The number of piperazine rings is 1. The van der Waals surface area contributed by atoms with Crippen LogP contribution in [0.1, 0.15) is 53.8 Å². The molecule has 1 aliphatic heterocycles. The normalized spacial score (nSPS) is 17.9. The Kier molecular flexibility index (Phi) is 5.30. The van der Waals surface area contributed by atoms with Crippen LogP contribution < -0.4 is 5.32 Å². The minimum Gasteiger partial charge on any atom is -0.358 e. The number of aromatic nitrogens is 2. The highest BCUT2D eigenvalue weighted by molar-refractivity contribution is 6.06. The Balaban J connectivity index is 1.58. The molecule has 8 heteroatoms. The summed E-state index contributed by atoms with van der Waals surface area (Å²) in [5.74, 6) is 0.438. The number of nitrogens with zero attached hydrogens (tertiary/aromatic N) is 4. The molecule has 1 aliphatic carbocycles. The molecule has 3 heterocycles. The molecule has 2 fully saturated rings. The molecule has 2 aromatic rings. The third kappa shape index (κ3) is 3.73. The van der Waals surface area contributed by atoms with Crippen LogP contribution in [0, 0.1) is 0 Å². The van der Waals surface area contributed by atoms with Crippen LogP contribution in [0.2, 0.25) is 0 Å². The zero-order valence-corrected chi connectivity index (χ0v) is 16.5. The number of amides is 2. The number of hydrogen-bond acceptors (Lipinski definition) is 6. The molecule has 0 unspecified atom stereocenters. The number of hydrogen-bond donors (Lipinski definition) is 1. The van der Waals surface area contributed by atoms with Crippen LogP contribution in [0.25, 0.3) is 11.1 Å². The highest BCUT2D eigenvalue weighted by Gasteiger charge is 2.31. The Labute approximate surface area is 164 Å². The molecule has 0 bridgehead atoms. The lowest BCUT2D eigenvalue weighted by Gasteiger charge is -2.34. The van der Waals surface area contributed by atoms with Crippen molar-refractivity contribution in [3.8, 4) is 0 Å². The van der Waals surface area contributed by atoms with Gasteiger partial charge < -0.3 is 14.7 Å². The van der Waals surface area contributed by atoms with Crippen LogP contribution in [0.4, 0.5) is 0 Å². The number of fused-ring (bicyclic) bond motifs is 1. The van der Waals surface area contributed by atoms with Crippen molar-refractivity contribution in [3.05, 3.63) is 23.0 Å². The molecule has 0 aromatic carbocycles. The third-order valence-electron chi connectivity index (χ3n) is 5.56. The van der Waals surface area contributed by atoms with Crippen molar-refractivity contribution in [1.29, 1.82) is 0 Å². The molecule has 1 saturated carbocycles. The van der Waals surface area contributed by atoms with Gasteiger partial charge in [0.05, 0.1) is 23.2 Å². The van der Waals surface area contributed by atoms with E-state index >= 15 is 0 Å². The van der Waals surface area contributed by atoms with E-state index in [9.17, 15) is 9.59 Å². The van der Waals surface area contributed by atoms with Gasteiger partial charge in [-0.2, -0.15) is 0 Å². The van der Waals surface area contributed by atoms with E-state index in [4.69, 9.17) is 4.52 Å². The van der Waals surface area contributed by atoms with Crippen molar-refractivity contribution < 1.29 is 14.1 Å². The topological polar surface area (TPSA) is 91.6 Å². The quantitative estimate of drug-likeness (QED) is 0.811. The molecule has 8 nitrogen and oxygen atoms in total. The summed E-state index contributed by atoms with van der Waals surface area (Å²) in [6.07, 6.45) is 3.91. The molecule has 2 amide bonds. The average molecular weight is 385 g/mol. The van der Waals surface area contributed by atoms with Gasteiger partial charge in [-0.05, 0) is 25.3 Å². The number of carbonyl (C=O) groups excluding carboxylic acids is 2. The summed E-state index contributed by atoms with van der Waals surface area (Å²) in [5.41, 5.74) is 2.90. The molecule has 1 saturated heterocycles. The first-order valence-electron chi connectivity index (χ1n) is 10.1. The number of carbonyl (C=O) groups is 2. The van der Waals surface area contributed by atoms with Gasteiger partial charge in [0.1, 0.15) is 0 Å². The average Bonchev–Trinajstić information content (AvgIpc) is 3.49. The maximum Gasteiger partial charge on any atom is 0.259 e. The molecule has 0 atom stereocenters. The molecular weight excluding hydrogens is 358 g/mol. The Hall–Kier alpha value is -2.48. The summed E-state index contributed by atoms with van der Waals surface area (Å²) in [7, 11) is 1.64. The van der Waals surface area contributed by atoms with Gasteiger partial charge in [-0.1, -0.05) is 18.5 Å². The largest absolute Gasteiger partial charge is 0.358 e. The number of likely N-dealkylation sites (N-methyl/N-ethyl adjacent to an activating group) is 1. The third-order valence-corrected chi connectivity index (χ3v) is 5.56. The highest BCUT2D eigenvalue weighted by atomic mass is 16.5. The SMILES string of the molecule is CCCc1noc2nc(C3CC3)cc(C(=O)N3CCN(CC(=O)NC)CC3)c12. The minimum atomic E-state index is -0.00151. The molecule has 1 N–H and O–H groups in total. The lowest BCUT2D eigenvalue weighted by atomic mass is 10.0. The van der Waals surface area contributed by atoms with E-state index in [0.29, 0.717) is 49.9 Å². The van der Waals surface area contributed by atoms with Crippen molar-refractivity contribution in [2.75, 3.05) is 39.8 Å². The van der Waals surface area contributed by atoms with Gasteiger partial charge in [0.2, 0.25) is 5.91 Å². The molecule has 150 valence electrons. The van der Waals surface area contributed by atoms with Crippen LogP contribution in [0.15, 0.2) is 10.6 Å². The maximum absolute atomic E-state index is 13.4. The first-order chi connectivity index (χ1) is 13.6. The number of nitrogens with one attached hydrogen (secondary N) is 1. The zero-order chi connectivity index (χ0) is 19.7. The first-order valence-corrected chi connectivity index (χ1v) is 10.1. The summed E-state index contributed by atoms with van der Waals surface area (Å²) in [5, 5.41) is 7.60. The Morgan fingerprint density at radius 2 is 2.00 bits per heavy atom. The van der Waals surface area contributed by atoms with Gasteiger partial charge in [-0.25, -0.2) is 4.98 Å². The van der Waals surface area contributed by atoms with Crippen molar-refractivity contribution in [3.63, 3.8) is 0 Å². The molecule has 28 heavy (non-hydrogen) atoms. The van der Waals surface area contributed by atoms with Crippen LogP contribution in [0.3, 0.4) is 0 Å². The Morgan fingerprint density at radius 3 is 2.64 bits per heavy atom. The summed E-state index contributed by atoms with van der Waals surface area (Å²) < 4.78 is 5.49. The van der Waals surface area contributed by atoms with Crippen molar-refractivity contribution >= 4 is 22.9 Å². The van der Waals surface area contributed by atoms with E-state index in [0.717, 1.165) is 42.5 Å². The first kappa shape index (κ1) is 18.9. The molecule has 0 radical (unpaired) electrons. The maximum atomic E-state index is 13.4. The fourth-order valence-electron chi connectivity index (χ4n) is 3.76. The molecule has 4 rings (SSSR count). The van der Waals surface area contributed by atoms with E-state index in [1.807, 2.05) is 11.0 Å². The molecule has 2 aliphatic rings. The van der Waals surface area contributed by atoms with Gasteiger partial charge in [0.15, 0.2) is 0 Å². The fourth-order valence-corrected chi connectivity index (χ4v) is 3.76. The minimum absolute atomic E-state index is 0.00151. The molecule has 2 aromatic heterocycles. The Morgan fingerprint density at radius 1 is 1.25 bits per heavy atom. The van der Waals surface area contributed by atoms with Crippen LogP contribution in [-0.2, 0) is 11.2 Å². The summed E-state index contributed by atoms with van der Waals surface area (Å²) in [6, 6.07) is 1.95. The van der Waals surface area contributed by atoms with E-state index in [1.165, 1.54) is 0 Å². The summed E-state index contributed by atoms with van der Waals surface area (Å²) >= 11 is 0. The summed E-state index contributed by atoms with van der Waals surface area (Å²) in [4.78, 5) is 33.5. The summed E-state index contributed by atoms with van der Waals surface area (Å²) in [6.45, 7) is 5.04. The van der Waals surface area contributed by atoms with E-state index < -0.39 is 0 Å². The number of aryl methyl sites for hydroxylation is 1. The smallest absolute Gasteiger partial charge is 0.259 e. The van der Waals surface area contributed by atoms with Crippen molar-refractivity contribution in [2.24, 2.45) is 0 Å². The van der Waals surface area contributed by atoms with Crippen molar-refractivity contribution in [2.45, 2.75) is 38.5 Å². The van der Waals surface area contributed by atoms with Crippen LogP contribution in [-0.4, -0.2) is 71.5 Å². The van der Waals surface area contributed by atoms with Crippen LogP contribution in [0.5, 0.6) is 0 Å². The van der Waals surface area contributed by atoms with Gasteiger partial charge >= 0.3 is 0 Å². The van der Waals surface area contributed by atoms with Gasteiger partial charge in [0, 0.05) is 44.8 Å². The van der Waals surface area contributed by atoms with Gasteiger partial charge in [-0.3, -0.25) is 14.5 Å². The number of pyridine rings is 1.